The molecule has 30 heavy (non-hydrogen) atoms. The number of carbonyl (C=O) groups is 4. The number of nitrogens with two attached hydrogens (primary N) is 1. The van der Waals surface area contributed by atoms with Gasteiger partial charge in [-0.3, -0.25) is 19.2 Å². The number of rotatable bonds is 11. The predicted octanol–water partition coefficient (Wildman–Crippen LogP) is -0.502. The minimum absolute atomic E-state index is 0.0644. The highest BCUT2D eigenvalue weighted by Gasteiger charge is 2.25. The number of phenolic OH excluding ortho intramolecular Hbond substituents is 1. The van der Waals surface area contributed by atoms with Crippen LogP contribution in [-0.4, -0.2) is 58.6 Å². The van der Waals surface area contributed by atoms with E-state index < -0.39 is 41.8 Å². The first kappa shape index (κ1) is 24.9. The highest BCUT2D eigenvalue weighted by Crippen LogP contribution is 2.11. The van der Waals surface area contributed by atoms with E-state index in [0.717, 1.165) is 5.56 Å². The molecule has 0 aromatic heterocycles. The third-order valence-electron chi connectivity index (χ3n) is 4.24. The maximum Gasteiger partial charge on any atom is 0.325 e. The lowest BCUT2D eigenvalue weighted by molar-refractivity contribution is -0.141. The Morgan fingerprint density at radius 2 is 1.60 bits per heavy atom. The van der Waals surface area contributed by atoms with Gasteiger partial charge in [0.25, 0.3) is 0 Å². The second kappa shape index (κ2) is 11.8. The molecule has 3 unspecified atom stereocenters. The molecule has 1 aromatic rings. The summed E-state index contributed by atoms with van der Waals surface area (Å²) in [5.74, 6) is -2.76. The van der Waals surface area contributed by atoms with Crippen molar-refractivity contribution in [2.75, 3.05) is 6.54 Å². The van der Waals surface area contributed by atoms with E-state index in [4.69, 9.17) is 10.8 Å². The first-order valence-electron chi connectivity index (χ1n) is 9.63. The number of hydrogen-bond acceptors (Lipinski definition) is 6. The normalized spacial score (nSPS) is 13.8. The lowest BCUT2D eigenvalue weighted by Crippen LogP contribution is -2.53. The number of aromatic hydroxyl groups is 1. The maximum atomic E-state index is 12.3. The summed E-state index contributed by atoms with van der Waals surface area (Å²) < 4.78 is 0. The summed E-state index contributed by atoms with van der Waals surface area (Å²) in [6.45, 7) is 4.66. The van der Waals surface area contributed by atoms with Gasteiger partial charge in [0, 0.05) is 0 Å². The SMILES string of the molecule is CC(C)CC(NC(=O)CNC(=O)C(N)Cc1ccc(O)cc1)C(=O)NC(C)C(=O)O. The van der Waals surface area contributed by atoms with E-state index in [-0.39, 0.29) is 24.6 Å². The number of hydrogen-bond donors (Lipinski definition) is 6. The standard InChI is InChI=1S/C20H30N4O6/c1-11(2)8-16(19(28)23-12(3)20(29)30)24-17(26)10-22-18(27)15(21)9-13-4-6-14(25)7-5-13/h4-7,11-12,15-16,25H,8-10,21H2,1-3H3,(H,22,27)(H,23,28)(H,24,26)(H,29,30). The molecule has 166 valence electrons. The lowest BCUT2D eigenvalue weighted by atomic mass is 10.0. The molecule has 10 heteroatoms. The molecule has 0 bridgehead atoms. The third kappa shape index (κ3) is 8.91. The van der Waals surface area contributed by atoms with Crippen molar-refractivity contribution in [3.8, 4) is 5.75 Å². The van der Waals surface area contributed by atoms with Crippen molar-refractivity contribution in [2.24, 2.45) is 11.7 Å². The number of aliphatic carboxylic acids is 1. The summed E-state index contributed by atoms with van der Waals surface area (Å²) in [7, 11) is 0. The van der Waals surface area contributed by atoms with Gasteiger partial charge in [-0.2, -0.15) is 0 Å². The van der Waals surface area contributed by atoms with E-state index in [1.165, 1.54) is 19.1 Å². The van der Waals surface area contributed by atoms with Crippen LogP contribution in [0.4, 0.5) is 0 Å². The molecule has 0 aliphatic rings. The van der Waals surface area contributed by atoms with Crippen molar-refractivity contribution in [1.82, 2.24) is 16.0 Å². The molecule has 0 spiro atoms. The zero-order valence-corrected chi connectivity index (χ0v) is 17.3. The molecule has 0 aliphatic heterocycles. The predicted molar refractivity (Wildman–Crippen MR) is 109 cm³/mol. The number of amides is 3. The van der Waals surface area contributed by atoms with E-state index in [0.29, 0.717) is 6.42 Å². The molecule has 1 rings (SSSR count). The molecule has 1 aromatic carbocycles. The van der Waals surface area contributed by atoms with Gasteiger partial charge >= 0.3 is 5.97 Å². The first-order valence-corrected chi connectivity index (χ1v) is 9.63. The summed E-state index contributed by atoms with van der Waals surface area (Å²) in [5.41, 5.74) is 6.60. The van der Waals surface area contributed by atoms with Crippen molar-refractivity contribution in [3.63, 3.8) is 0 Å². The van der Waals surface area contributed by atoms with Gasteiger partial charge in [0.15, 0.2) is 0 Å². The van der Waals surface area contributed by atoms with Crippen LogP contribution in [0.2, 0.25) is 0 Å². The number of carbonyl (C=O) groups excluding carboxylic acids is 3. The lowest BCUT2D eigenvalue weighted by Gasteiger charge is -2.21. The third-order valence-corrected chi connectivity index (χ3v) is 4.24. The summed E-state index contributed by atoms with van der Waals surface area (Å²) in [6, 6.07) is 3.33. The van der Waals surface area contributed by atoms with Crippen LogP contribution in [0.5, 0.6) is 5.75 Å². The fourth-order valence-electron chi connectivity index (χ4n) is 2.60. The van der Waals surface area contributed by atoms with Crippen molar-refractivity contribution < 1.29 is 29.4 Å². The number of phenols is 1. The van der Waals surface area contributed by atoms with Gasteiger partial charge in [0.1, 0.15) is 17.8 Å². The fourth-order valence-corrected chi connectivity index (χ4v) is 2.60. The molecule has 0 saturated heterocycles. The Bertz CT molecular complexity index is 750. The molecule has 10 nitrogen and oxygen atoms in total. The highest BCUT2D eigenvalue weighted by molar-refractivity contribution is 5.92. The van der Waals surface area contributed by atoms with Gasteiger partial charge in [-0.1, -0.05) is 26.0 Å². The van der Waals surface area contributed by atoms with Crippen molar-refractivity contribution >= 4 is 23.7 Å². The molecular weight excluding hydrogens is 392 g/mol. The summed E-state index contributed by atoms with van der Waals surface area (Å²) in [4.78, 5) is 47.5. The average molecular weight is 422 g/mol. The Kier molecular flexibility index (Phi) is 9.76. The van der Waals surface area contributed by atoms with Crippen LogP contribution in [0.25, 0.3) is 0 Å². The summed E-state index contributed by atoms with van der Waals surface area (Å²) in [5, 5.41) is 25.5. The quantitative estimate of drug-likeness (QED) is 0.279. The maximum absolute atomic E-state index is 12.3. The number of carboxylic acid groups (broad SMARTS) is 1. The molecule has 0 heterocycles. The van der Waals surface area contributed by atoms with Crippen LogP contribution in [0.3, 0.4) is 0 Å². The van der Waals surface area contributed by atoms with Crippen LogP contribution in [-0.2, 0) is 25.6 Å². The molecule has 3 atom stereocenters. The summed E-state index contributed by atoms with van der Waals surface area (Å²) in [6.07, 6.45) is 0.525. The smallest absolute Gasteiger partial charge is 0.325 e. The van der Waals surface area contributed by atoms with Crippen molar-refractivity contribution in [1.29, 1.82) is 0 Å². The second-order valence-corrected chi connectivity index (χ2v) is 7.51. The van der Waals surface area contributed by atoms with Crippen molar-refractivity contribution in [3.05, 3.63) is 29.8 Å². The molecule has 7 N–H and O–H groups in total. The monoisotopic (exact) mass is 422 g/mol. The Labute approximate surface area is 175 Å². The minimum atomic E-state index is -1.19. The fraction of sp³-hybridized carbons (Fsp3) is 0.500. The number of nitrogens with one attached hydrogen (secondary N) is 3. The minimum Gasteiger partial charge on any atom is -0.508 e. The van der Waals surface area contributed by atoms with Crippen LogP contribution in [0.1, 0.15) is 32.8 Å². The van der Waals surface area contributed by atoms with Crippen molar-refractivity contribution in [2.45, 2.75) is 51.7 Å². The van der Waals surface area contributed by atoms with Gasteiger partial charge in [0.2, 0.25) is 17.7 Å². The van der Waals surface area contributed by atoms with Crippen LogP contribution >= 0.6 is 0 Å². The number of carboxylic acids is 1. The topological polar surface area (TPSA) is 171 Å². The van der Waals surface area contributed by atoms with Crippen LogP contribution in [0.15, 0.2) is 24.3 Å². The molecular formula is C20H30N4O6. The van der Waals surface area contributed by atoms with Gasteiger partial charge in [-0.15, -0.1) is 0 Å². The van der Waals surface area contributed by atoms with E-state index in [9.17, 15) is 24.3 Å². The Morgan fingerprint density at radius 1 is 1.00 bits per heavy atom. The zero-order valence-electron chi connectivity index (χ0n) is 17.3. The van der Waals surface area contributed by atoms with Crippen LogP contribution in [0, 0.1) is 5.92 Å². The van der Waals surface area contributed by atoms with Gasteiger partial charge < -0.3 is 31.9 Å². The largest absolute Gasteiger partial charge is 0.508 e. The second-order valence-electron chi connectivity index (χ2n) is 7.51. The van der Waals surface area contributed by atoms with E-state index >= 15 is 0 Å². The van der Waals surface area contributed by atoms with E-state index in [2.05, 4.69) is 16.0 Å². The highest BCUT2D eigenvalue weighted by atomic mass is 16.4. The Balaban J connectivity index is 2.56. The summed E-state index contributed by atoms with van der Waals surface area (Å²) >= 11 is 0. The Hall–Kier alpha value is -3.14. The molecule has 0 saturated carbocycles. The van der Waals surface area contributed by atoms with E-state index in [1.54, 1.807) is 12.1 Å². The van der Waals surface area contributed by atoms with Gasteiger partial charge in [-0.25, -0.2) is 0 Å². The number of benzene rings is 1. The van der Waals surface area contributed by atoms with Gasteiger partial charge in [0.05, 0.1) is 12.6 Å². The molecule has 0 aliphatic carbocycles. The molecule has 0 fully saturated rings. The molecule has 0 radical (unpaired) electrons. The van der Waals surface area contributed by atoms with E-state index in [1.807, 2.05) is 13.8 Å². The zero-order chi connectivity index (χ0) is 22.8. The first-order chi connectivity index (χ1) is 14.0. The van der Waals surface area contributed by atoms with Gasteiger partial charge in [-0.05, 0) is 43.4 Å². The molecule has 3 amide bonds. The van der Waals surface area contributed by atoms with Crippen LogP contribution < -0.4 is 21.7 Å². The average Bonchev–Trinajstić information content (AvgIpc) is 2.66. The Morgan fingerprint density at radius 3 is 2.13 bits per heavy atom.